The Kier molecular flexibility index (Phi) is 4.89. The van der Waals surface area contributed by atoms with Crippen LogP contribution in [0.3, 0.4) is 0 Å². The van der Waals surface area contributed by atoms with Gasteiger partial charge in [0.25, 0.3) is 0 Å². The average Bonchev–Trinajstić information content (AvgIpc) is 3.05. The van der Waals surface area contributed by atoms with Gasteiger partial charge in [-0.25, -0.2) is 12.8 Å². The first-order valence-corrected chi connectivity index (χ1v) is 9.97. The fourth-order valence-corrected chi connectivity index (χ4v) is 4.48. The summed E-state index contributed by atoms with van der Waals surface area (Å²) >= 11 is 0. The zero-order valence-corrected chi connectivity index (χ0v) is 14.7. The number of aromatic nitrogens is 2. The van der Waals surface area contributed by atoms with E-state index < -0.39 is 15.9 Å². The second-order valence-electron chi connectivity index (χ2n) is 6.15. The maximum atomic E-state index is 13.0. The molecule has 1 aromatic heterocycles. The Morgan fingerprint density at radius 1 is 1.32 bits per heavy atom. The van der Waals surface area contributed by atoms with Crippen molar-refractivity contribution in [2.75, 3.05) is 18.1 Å². The van der Waals surface area contributed by atoms with Crippen molar-refractivity contribution in [3.05, 3.63) is 53.6 Å². The summed E-state index contributed by atoms with van der Waals surface area (Å²) in [6, 6.07) is 5.22. The fraction of sp³-hybridized carbons (Fsp3) is 0.412. The molecule has 0 bridgehead atoms. The molecule has 1 amide bonds. The van der Waals surface area contributed by atoms with E-state index in [-0.39, 0.29) is 36.2 Å². The van der Waals surface area contributed by atoms with Gasteiger partial charge in [0.1, 0.15) is 5.82 Å². The minimum atomic E-state index is -3.20. The van der Waals surface area contributed by atoms with Crippen LogP contribution in [0.5, 0.6) is 0 Å². The molecule has 25 heavy (non-hydrogen) atoms. The number of hydrogen-bond acceptors (Lipinski definition) is 4. The van der Waals surface area contributed by atoms with Crippen molar-refractivity contribution >= 4 is 15.7 Å². The molecule has 0 unspecified atom stereocenters. The highest BCUT2D eigenvalue weighted by Crippen LogP contribution is 2.27. The van der Waals surface area contributed by atoms with E-state index in [4.69, 9.17) is 0 Å². The molecule has 134 valence electrons. The highest BCUT2D eigenvalue weighted by molar-refractivity contribution is 7.91. The molecule has 1 aliphatic heterocycles. The quantitative estimate of drug-likeness (QED) is 0.825. The van der Waals surface area contributed by atoms with Gasteiger partial charge in [-0.1, -0.05) is 12.1 Å². The minimum absolute atomic E-state index is 0.0411. The van der Waals surface area contributed by atoms with Gasteiger partial charge in [-0.15, -0.1) is 0 Å². The van der Waals surface area contributed by atoms with Crippen LogP contribution < -0.4 is 0 Å². The number of carbonyl (C=O) groups is 1. The summed E-state index contributed by atoms with van der Waals surface area (Å²) in [6.45, 7) is 2.76. The summed E-state index contributed by atoms with van der Waals surface area (Å²) in [4.78, 5) is 14.3. The third kappa shape index (κ3) is 4.07. The zero-order chi connectivity index (χ0) is 18.0. The van der Waals surface area contributed by atoms with Crippen LogP contribution in [0.15, 0.2) is 36.7 Å². The SMILES string of the molecule is CCn1cc([C@@H]2CS(=O)(=O)CCN2C(=O)Cc2ccc(F)cc2)cn1. The van der Waals surface area contributed by atoms with Gasteiger partial charge >= 0.3 is 0 Å². The van der Waals surface area contributed by atoms with Crippen LogP contribution in [0.25, 0.3) is 0 Å². The number of benzene rings is 1. The third-order valence-electron chi connectivity index (χ3n) is 4.38. The summed E-state index contributed by atoms with van der Waals surface area (Å²) in [5.74, 6) is -0.668. The number of sulfone groups is 1. The van der Waals surface area contributed by atoms with Crippen molar-refractivity contribution < 1.29 is 17.6 Å². The monoisotopic (exact) mass is 365 g/mol. The van der Waals surface area contributed by atoms with Crippen LogP contribution in [0.4, 0.5) is 4.39 Å². The second kappa shape index (κ2) is 6.95. The van der Waals surface area contributed by atoms with E-state index in [1.165, 1.54) is 12.1 Å². The smallest absolute Gasteiger partial charge is 0.227 e. The van der Waals surface area contributed by atoms with E-state index in [1.54, 1.807) is 34.1 Å². The molecule has 0 saturated carbocycles. The van der Waals surface area contributed by atoms with Gasteiger partial charge in [0.15, 0.2) is 9.84 Å². The second-order valence-corrected chi connectivity index (χ2v) is 8.38. The summed E-state index contributed by atoms with van der Waals surface area (Å²) in [5, 5.41) is 4.19. The van der Waals surface area contributed by atoms with E-state index in [0.29, 0.717) is 12.1 Å². The standard InChI is InChI=1S/C17H20FN3O3S/c1-2-20-11-14(10-19-20)16-12-25(23,24)8-7-21(16)17(22)9-13-3-5-15(18)6-4-13/h3-6,10-11,16H,2,7-9,12H2,1H3/t16-/m0/s1. The lowest BCUT2D eigenvalue weighted by atomic mass is 10.1. The van der Waals surface area contributed by atoms with Crippen molar-refractivity contribution in [1.29, 1.82) is 0 Å². The first kappa shape index (κ1) is 17.6. The predicted octanol–water partition coefficient (Wildman–Crippen LogP) is 1.58. The molecule has 2 aromatic rings. The number of aryl methyl sites for hydroxylation is 1. The van der Waals surface area contributed by atoms with Crippen molar-refractivity contribution in [3.8, 4) is 0 Å². The number of rotatable bonds is 4. The minimum Gasteiger partial charge on any atom is -0.333 e. The summed E-state index contributed by atoms with van der Waals surface area (Å²) < 4.78 is 38.9. The number of nitrogens with zero attached hydrogens (tertiary/aromatic N) is 3. The predicted molar refractivity (Wildman–Crippen MR) is 91.1 cm³/mol. The maximum Gasteiger partial charge on any atom is 0.227 e. The number of carbonyl (C=O) groups excluding carboxylic acids is 1. The van der Waals surface area contributed by atoms with Gasteiger partial charge in [-0.05, 0) is 24.6 Å². The van der Waals surface area contributed by atoms with E-state index in [2.05, 4.69) is 5.10 Å². The maximum absolute atomic E-state index is 13.0. The molecule has 2 heterocycles. The molecule has 1 atom stereocenters. The summed E-state index contributed by atoms with van der Waals surface area (Å²) in [5.41, 5.74) is 1.42. The lowest BCUT2D eigenvalue weighted by molar-refractivity contribution is -0.132. The van der Waals surface area contributed by atoms with Crippen LogP contribution in [0, 0.1) is 5.82 Å². The third-order valence-corrected chi connectivity index (χ3v) is 6.01. The van der Waals surface area contributed by atoms with Gasteiger partial charge in [-0.2, -0.15) is 5.10 Å². The summed E-state index contributed by atoms with van der Waals surface area (Å²) in [7, 11) is -3.20. The van der Waals surface area contributed by atoms with E-state index in [9.17, 15) is 17.6 Å². The van der Waals surface area contributed by atoms with Gasteiger partial charge < -0.3 is 4.90 Å². The number of amides is 1. The molecule has 0 N–H and O–H groups in total. The molecule has 1 aromatic carbocycles. The molecule has 0 spiro atoms. The van der Waals surface area contributed by atoms with Gasteiger partial charge in [-0.3, -0.25) is 9.48 Å². The molecule has 6 nitrogen and oxygen atoms in total. The van der Waals surface area contributed by atoms with Crippen LogP contribution >= 0.6 is 0 Å². The van der Waals surface area contributed by atoms with Gasteiger partial charge in [0, 0.05) is 24.8 Å². The zero-order valence-electron chi connectivity index (χ0n) is 13.9. The first-order chi connectivity index (χ1) is 11.9. The highest BCUT2D eigenvalue weighted by atomic mass is 32.2. The van der Waals surface area contributed by atoms with Crippen LogP contribution in [-0.4, -0.2) is 47.1 Å². The van der Waals surface area contributed by atoms with Crippen molar-refractivity contribution in [2.45, 2.75) is 25.9 Å². The Labute approximate surface area is 146 Å². The lowest BCUT2D eigenvalue weighted by Gasteiger charge is -2.35. The van der Waals surface area contributed by atoms with Crippen molar-refractivity contribution in [1.82, 2.24) is 14.7 Å². The van der Waals surface area contributed by atoms with Crippen molar-refractivity contribution in [3.63, 3.8) is 0 Å². The first-order valence-electron chi connectivity index (χ1n) is 8.14. The Hall–Kier alpha value is -2.22. The highest BCUT2D eigenvalue weighted by Gasteiger charge is 2.35. The summed E-state index contributed by atoms with van der Waals surface area (Å²) in [6.07, 6.45) is 3.51. The van der Waals surface area contributed by atoms with E-state index in [0.717, 1.165) is 5.56 Å². The topological polar surface area (TPSA) is 72.3 Å². The number of hydrogen-bond donors (Lipinski definition) is 0. The number of halogens is 1. The molecule has 3 rings (SSSR count). The molecular formula is C17H20FN3O3S. The molecule has 0 radical (unpaired) electrons. The lowest BCUT2D eigenvalue weighted by Crippen LogP contribution is -2.46. The Morgan fingerprint density at radius 3 is 2.68 bits per heavy atom. The van der Waals surface area contributed by atoms with E-state index in [1.807, 2.05) is 6.92 Å². The van der Waals surface area contributed by atoms with E-state index >= 15 is 0 Å². The molecule has 1 aliphatic rings. The molecule has 8 heteroatoms. The van der Waals surface area contributed by atoms with Crippen LogP contribution in [-0.2, 0) is 27.6 Å². The molecule has 0 aliphatic carbocycles. The Morgan fingerprint density at radius 2 is 2.04 bits per heavy atom. The Bertz CT molecular complexity index is 862. The van der Waals surface area contributed by atoms with Crippen molar-refractivity contribution in [2.24, 2.45) is 0 Å². The Balaban J connectivity index is 1.83. The molecule has 1 fully saturated rings. The van der Waals surface area contributed by atoms with Gasteiger partial charge in [0.05, 0.1) is 30.2 Å². The molecular weight excluding hydrogens is 345 g/mol. The average molecular weight is 365 g/mol. The fourth-order valence-electron chi connectivity index (χ4n) is 2.98. The van der Waals surface area contributed by atoms with Crippen LogP contribution in [0.2, 0.25) is 0 Å². The normalized spacial score (nSPS) is 19.8. The largest absolute Gasteiger partial charge is 0.333 e. The van der Waals surface area contributed by atoms with Gasteiger partial charge in [0.2, 0.25) is 5.91 Å². The molecule has 1 saturated heterocycles. The van der Waals surface area contributed by atoms with Crippen LogP contribution in [0.1, 0.15) is 24.1 Å².